The highest BCUT2D eigenvalue weighted by Crippen LogP contribution is 2.28. The van der Waals surface area contributed by atoms with Gasteiger partial charge in [0, 0.05) is 25.1 Å². The largest absolute Gasteiger partial charge is 0.367 e. The summed E-state index contributed by atoms with van der Waals surface area (Å²) in [6, 6.07) is 0. The van der Waals surface area contributed by atoms with Crippen LogP contribution in [-0.2, 0) is 0 Å². The molecule has 1 aliphatic carbocycles. The van der Waals surface area contributed by atoms with Crippen molar-refractivity contribution in [2.75, 3.05) is 11.9 Å². The molecule has 0 radical (unpaired) electrons. The molecule has 1 aliphatic rings. The number of nitrogens with zero attached hydrogens (tertiary/aromatic N) is 3. The standard InChI is InChI=1S/C14H19BrN4/c15-12-10-19-9-8-17-14(19)13(18-12)16-7-3-6-11-4-1-2-5-11/h8-11H,1-7H2,(H,16,18). The quantitative estimate of drug-likeness (QED) is 0.849. The molecule has 0 unspecified atom stereocenters. The Morgan fingerprint density at radius 1 is 1.37 bits per heavy atom. The van der Waals surface area contributed by atoms with Gasteiger partial charge in [0.2, 0.25) is 0 Å². The van der Waals surface area contributed by atoms with Crippen LogP contribution < -0.4 is 5.32 Å². The molecular formula is C14H19BrN4. The molecular weight excluding hydrogens is 304 g/mol. The molecule has 2 aromatic rings. The zero-order chi connectivity index (χ0) is 13.1. The Bertz CT molecular complexity index is 545. The van der Waals surface area contributed by atoms with Crippen LogP contribution in [0.25, 0.3) is 5.65 Å². The average molecular weight is 323 g/mol. The van der Waals surface area contributed by atoms with Gasteiger partial charge in [-0.25, -0.2) is 9.97 Å². The highest BCUT2D eigenvalue weighted by molar-refractivity contribution is 9.10. The smallest absolute Gasteiger partial charge is 0.180 e. The molecule has 0 saturated heterocycles. The minimum absolute atomic E-state index is 0.830. The fourth-order valence-electron chi connectivity index (χ4n) is 2.92. The number of halogens is 1. The first-order valence-corrected chi connectivity index (χ1v) is 7.85. The van der Waals surface area contributed by atoms with Crippen molar-refractivity contribution in [3.63, 3.8) is 0 Å². The van der Waals surface area contributed by atoms with Crippen molar-refractivity contribution in [3.8, 4) is 0 Å². The second-order valence-electron chi connectivity index (χ2n) is 5.29. The minimum Gasteiger partial charge on any atom is -0.367 e. The topological polar surface area (TPSA) is 42.2 Å². The van der Waals surface area contributed by atoms with Gasteiger partial charge in [0.1, 0.15) is 4.60 Å². The van der Waals surface area contributed by atoms with Gasteiger partial charge in [0.15, 0.2) is 11.5 Å². The third-order valence-corrected chi connectivity index (χ3v) is 4.28. The van der Waals surface area contributed by atoms with Gasteiger partial charge in [0.05, 0.1) is 0 Å². The van der Waals surface area contributed by atoms with Gasteiger partial charge in [-0.05, 0) is 34.7 Å². The first-order chi connectivity index (χ1) is 9.33. The minimum atomic E-state index is 0.830. The SMILES string of the molecule is Brc1cn2ccnc2c(NCCCC2CCCC2)n1. The lowest BCUT2D eigenvalue weighted by Gasteiger charge is -2.10. The Hall–Kier alpha value is -1.10. The van der Waals surface area contributed by atoms with Crippen molar-refractivity contribution in [2.24, 2.45) is 5.92 Å². The van der Waals surface area contributed by atoms with Crippen LogP contribution in [0.2, 0.25) is 0 Å². The highest BCUT2D eigenvalue weighted by atomic mass is 79.9. The Labute approximate surface area is 121 Å². The number of nitrogens with one attached hydrogen (secondary N) is 1. The number of hydrogen-bond donors (Lipinski definition) is 1. The number of aromatic nitrogens is 3. The zero-order valence-corrected chi connectivity index (χ0v) is 12.6. The van der Waals surface area contributed by atoms with Crippen LogP contribution in [0.15, 0.2) is 23.2 Å². The van der Waals surface area contributed by atoms with Crippen molar-refractivity contribution in [1.82, 2.24) is 14.4 Å². The van der Waals surface area contributed by atoms with Gasteiger partial charge in [-0.1, -0.05) is 25.7 Å². The Balaban J connectivity index is 1.57. The molecule has 19 heavy (non-hydrogen) atoms. The number of rotatable bonds is 5. The van der Waals surface area contributed by atoms with Gasteiger partial charge in [-0.2, -0.15) is 0 Å². The van der Waals surface area contributed by atoms with Crippen LogP contribution in [0.1, 0.15) is 38.5 Å². The summed E-state index contributed by atoms with van der Waals surface area (Å²) < 4.78 is 2.81. The first kappa shape index (κ1) is 12.9. The summed E-state index contributed by atoms with van der Waals surface area (Å²) in [5.74, 6) is 1.83. The van der Waals surface area contributed by atoms with Crippen molar-refractivity contribution in [2.45, 2.75) is 38.5 Å². The van der Waals surface area contributed by atoms with Crippen molar-refractivity contribution >= 4 is 27.4 Å². The normalized spacial score (nSPS) is 16.3. The van der Waals surface area contributed by atoms with Crippen LogP contribution in [0.5, 0.6) is 0 Å². The Kier molecular flexibility index (Phi) is 4.01. The van der Waals surface area contributed by atoms with Crippen LogP contribution in [0, 0.1) is 5.92 Å². The van der Waals surface area contributed by atoms with Crippen molar-refractivity contribution in [3.05, 3.63) is 23.2 Å². The Morgan fingerprint density at radius 2 is 2.21 bits per heavy atom. The highest BCUT2D eigenvalue weighted by Gasteiger charge is 2.14. The average Bonchev–Trinajstić information content (AvgIpc) is 3.04. The fraction of sp³-hybridized carbons (Fsp3) is 0.571. The fourth-order valence-corrected chi connectivity index (χ4v) is 3.31. The summed E-state index contributed by atoms with van der Waals surface area (Å²) in [6.45, 7) is 0.975. The van der Waals surface area contributed by atoms with Crippen LogP contribution in [0.3, 0.4) is 0 Å². The molecule has 102 valence electrons. The van der Waals surface area contributed by atoms with E-state index >= 15 is 0 Å². The Morgan fingerprint density at radius 3 is 3.05 bits per heavy atom. The van der Waals surface area contributed by atoms with Gasteiger partial charge in [-0.15, -0.1) is 0 Å². The maximum atomic E-state index is 4.47. The van der Waals surface area contributed by atoms with E-state index in [-0.39, 0.29) is 0 Å². The second-order valence-corrected chi connectivity index (χ2v) is 6.10. The monoisotopic (exact) mass is 322 g/mol. The van der Waals surface area contributed by atoms with E-state index in [1.54, 1.807) is 6.20 Å². The predicted molar refractivity (Wildman–Crippen MR) is 80.4 cm³/mol. The molecule has 0 atom stereocenters. The van der Waals surface area contributed by atoms with Crippen LogP contribution in [-0.4, -0.2) is 20.9 Å². The summed E-state index contributed by atoms with van der Waals surface area (Å²) in [5.41, 5.74) is 0.893. The molecule has 1 saturated carbocycles. The molecule has 0 aromatic carbocycles. The summed E-state index contributed by atoms with van der Waals surface area (Å²) >= 11 is 3.43. The van der Waals surface area contributed by atoms with Gasteiger partial charge in [0.25, 0.3) is 0 Å². The van der Waals surface area contributed by atoms with Gasteiger partial charge < -0.3 is 9.72 Å². The molecule has 0 amide bonds. The number of anilines is 1. The van der Waals surface area contributed by atoms with Crippen molar-refractivity contribution < 1.29 is 0 Å². The third kappa shape index (κ3) is 3.08. The molecule has 0 aliphatic heterocycles. The van der Waals surface area contributed by atoms with Gasteiger partial charge in [-0.3, -0.25) is 0 Å². The van der Waals surface area contributed by atoms with Crippen LogP contribution >= 0.6 is 15.9 Å². The predicted octanol–water partition coefficient (Wildman–Crippen LogP) is 3.87. The van der Waals surface area contributed by atoms with E-state index in [2.05, 4.69) is 31.2 Å². The molecule has 1 N–H and O–H groups in total. The first-order valence-electron chi connectivity index (χ1n) is 7.06. The molecule has 0 bridgehead atoms. The molecule has 1 fully saturated rings. The molecule has 2 heterocycles. The van der Waals surface area contributed by atoms with E-state index in [0.717, 1.165) is 28.5 Å². The van der Waals surface area contributed by atoms with E-state index in [1.165, 1.54) is 38.5 Å². The summed E-state index contributed by atoms with van der Waals surface area (Å²) in [5, 5.41) is 3.41. The maximum absolute atomic E-state index is 4.47. The van der Waals surface area contributed by atoms with Crippen LogP contribution in [0.4, 0.5) is 5.82 Å². The summed E-state index contributed by atoms with van der Waals surface area (Å²) in [4.78, 5) is 8.80. The molecule has 3 rings (SSSR count). The van der Waals surface area contributed by atoms with E-state index in [0.29, 0.717) is 0 Å². The lowest BCUT2D eigenvalue weighted by Crippen LogP contribution is -2.07. The molecule has 5 heteroatoms. The van der Waals surface area contributed by atoms with E-state index in [9.17, 15) is 0 Å². The molecule has 0 spiro atoms. The summed E-state index contributed by atoms with van der Waals surface area (Å²) in [7, 11) is 0. The number of hydrogen-bond acceptors (Lipinski definition) is 3. The van der Waals surface area contributed by atoms with Gasteiger partial charge >= 0.3 is 0 Å². The number of fused-ring (bicyclic) bond motifs is 1. The zero-order valence-electron chi connectivity index (χ0n) is 11.0. The number of imidazole rings is 1. The van der Waals surface area contributed by atoms with E-state index in [1.807, 2.05) is 16.8 Å². The third-order valence-electron chi connectivity index (χ3n) is 3.90. The van der Waals surface area contributed by atoms with E-state index < -0.39 is 0 Å². The van der Waals surface area contributed by atoms with E-state index in [4.69, 9.17) is 0 Å². The lowest BCUT2D eigenvalue weighted by molar-refractivity contribution is 0.491. The summed E-state index contributed by atoms with van der Waals surface area (Å²) in [6.07, 6.45) is 13.9. The second kappa shape index (κ2) is 5.90. The maximum Gasteiger partial charge on any atom is 0.180 e. The lowest BCUT2D eigenvalue weighted by atomic mass is 10.0. The van der Waals surface area contributed by atoms with Crippen molar-refractivity contribution in [1.29, 1.82) is 0 Å². The molecule has 4 nitrogen and oxygen atoms in total. The molecule has 2 aromatic heterocycles.